The van der Waals surface area contributed by atoms with Crippen molar-refractivity contribution in [3.05, 3.63) is 29.5 Å². The molecule has 0 saturated carbocycles. The third kappa shape index (κ3) is 3.26. The van der Waals surface area contributed by atoms with E-state index in [0.29, 0.717) is 28.2 Å². The highest BCUT2D eigenvalue weighted by Gasteiger charge is 2.13. The second kappa shape index (κ2) is 6.88. The molecule has 0 fully saturated rings. The Morgan fingerprint density at radius 2 is 2.24 bits per heavy atom. The zero-order valence-electron chi connectivity index (χ0n) is 13.0. The summed E-state index contributed by atoms with van der Waals surface area (Å²) in [6.07, 6.45) is 1.48. The SMILES string of the molecule is CC#CCNc1ncnc2nc(Sc3nc4cccc(Cl)c4s3)[nH]c12. The number of rotatable bonds is 4. The summed E-state index contributed by atoms with van der Waals surface area (Å²) in [5.41, 5.74) is 2.24. The van der Waals surface area contributed by atoms with Crippen LogP contribution in [-0.2, 0) is 0 Å². The molecule has 124 valence electrons. The highest BCUT2D eigenvalue weighted by Crippen LogP contribution is 2.36. The Balaban J connectivity index is 1.65. The van der Waals surface area contributed by atoms with Gasteiger partial charge in [0.05, 0.1) is 21.8 Å². The third-order valence-electron chi connectivity index (χ3n) is 3.32. The van der Waals surface area contributed by atoms with Gasteiger partial charge in [-0.05, 0) is 30.8 Å². The minimum Gasteiger partial charge on any atom is -0.357 e. The van der Waals surface area contributed by atoms with Crippen LogP contribution in [0.15, 0.2) is 34.0 Å². The molecule has 4 rings (SSSR count). The van der Waals surface area contributed by atoms with Gasteiger partial charge in [-0.15, -0.1) is 17.3 Å². The number of hydrogen-bond donors (Lipinski definition) is 2. The Morgan fingerprint density at radius 1 is 1.32 bits per heavy atom. The van der Waals surface area contributed by atoms with Crippen LogP contribution in [0.4, 0.5) is 5.82 Å². The standard InChI is InChI=1S/C16H11ClN6S2/c1-2-3-7-18-13-11-14(20-8-19-13)23-15(22-11)25-16-21-10-6-4-5-9(17)12(10)24-16/h4-6,8H,7H2,1H3,(H2,18,19,20,22,23). The maximum atomic E-state index is 6.22. The van der Waals surface area contributed by atoms with Gasteiger partial charge >= 0.3 is 0 Å². The van der Waals surface area contributed by atoms with E-state index in [9.17, 15) is 0 Å². The molecule has 25 heavy (non-hydrogen) atoms. The van der Waals surface area contributed by atoms with Gasteiger partial charge in [0.25, 0.3) is 0 Å². The predicted octanol–water partition coefficient (Wildman–Crippen LogP) is 4.20. The molecule has 0 aliphatic carbocycles. The topological polar surface area (TPSA) is 79.4 Å². The first-order chi connectivity index (χ1) is 12.2. The van der Waals surface area contributed by atoms with E-state index in [1.165, 1.54) is 29.4 Å². The van der Waals surface area contributed by atoms with E-state index in [1.54, 1.807) is 6.92 Å². The molecule has 6 nitrogen and oxygen atoms in total. The minimum atomic E-state index is 0.514. The number of H-pyrrole nitrogens is 1. The maximum Gasteiger partial charge on any atom is 0.183 e. The summed E-state index contributed by atoms with van der Waals surface area (Å²) < 4.78 is 1.84. The molecule has 3 heterocycles. The fourth-order valence-corrected chi connectivity index (χ4v) is 4.46. The van der Waals surface area contributed by atoms with Crippen LogP contribution < -0.4 is 5.32 Å². The van der Waals surface area contributed by atoms with Gasteiger partial charge in [-0.3, -0.25) is 0 Å². The summed E-state index contributed by atoms with van der Waals surface area (Å²) in [5.74, 6) is 6.46. The van der Waals surface area contributed by atoms with Gasteiger partial charge in [-0.1, -0.05) is 23.6 Å². The lowest BCUT2D eigenvalue weighted by Crippen LogP contribution is -2.02. The molecular weight excluding hydrogens is 376 g/mol. The Hall–Kier alpha value is -2.34. The average molecular weight is 387 g/mol. The first-order valence-electron chi connectivity index (χ1n) is 7.31. The molecular formula is C16H11ClN6S2. The van der Waals surface area contributed by atoms with E-state index in [0.717, 1.165) is 20.1 Å². The lowest BCUT2D eigenvalue weighted by molar-refractivity contribution is 1.07. The maximum absolute atomic E-state index is 6.22. The van der Waals surface area contributed by atoms with Gasteiger partial charge in [0.2, 0.25) is 0 Å². The third-order valence-corrected chi connectivity index (χ3v) is 5.80. The van der Waals surface area contributed by atoms with E-state index >= 15 is 0 Å². The number of nitrogens with zero attached hydrogens (tertiary/aromatic N) is 4. The van der Waals surface area contributed by atoms with Crippen molar-refractivity contribution in [2.45, 2.75) is 16.4 Å². The number of aromatic nitrogens is 5. The number of nitrogens with one attached hydrogen (secondary N) is 2. The molecule has 2 N–H and O–H groups in total. The Kier molecular flexibility index (Phi) is 4.44. The van der Waals surface area contributed by atoms with Crippen LogP contribution >= 0.6 is 34.7 Å². The molecule has 0 atom stereocenters. The summed E-state index contributed by atoms with van der Waals surface area (Å²) in [6.45, 7) is 2.31. The number of aromatic amines is 1. The Labute approximate surface area is 156 Å². The average Bonchev–Trinajstić information content (AvgIpc) is 3.20. The van der Waals surface area contributed by atoms with Crippen molar-refractivity contribution >= 4 is 61.9 Å². The first kappa shape index (κ1) is 16.1. The molecule has 0 spiro atoms. The molecule has 0 unspecified atom stereocenters. The molecule has 3 aromatic heterocycles. The number of imidazole rings is 1. The molecule has 9 heteroatoms. The number of benzene rings is 1. The molecule has 4 aromatic rings. The summed E-state index contributed by atoms with van der Waals surface area (Å²) in [6, 6.07) is 5.71. The van der Waals surface area contributed by atoms with Crippen molar-refractivity contribution in [3.63, 3.8) is 0 Å². The minimum absolute atomic E-state index is 0.514. The van der Waals surface area contributed by atoms with E-state index in [1.807, 2.05) is 18.2 Å². The van der Waals surface area contributed by atoms with Gasteiger partial charge in [-0.25, -0.2) is 19.9 Å². The van der Waals surface area contributed by atoms with Gasteiger partial charge < -0.3 is 10.3 Å². The van der Waals surface area contributed by atoms with Gasteiger partial charge in [0, 0.05) is 0 Å². The lowest BCUT2D eigenvalue weighted by atomic mass is 10.3. The molecule has 0 saturated heterocycles. The van der Waals surface area contributed by atoms with Crippen LogP contribution in [-0.4, -0.2) is 31.5 Å². The van der Waals surface area contributed by atoms with E-state index in [4.69, 9.17) is 11.6 Å². The number of halogens is 1. The van der Waals surface area contributed by atoms with Crippen LogP contribution in [0.25, 0.3) is 21.4 Å². The highest BCUT2D eigenvalue weighted by molar-refractivity contribution is 8.01. The molecule has 0 radical (unpaired) electrons. The van der Waals surface area contributed by atoms with Crippen LogP contribution in [0.1, 0.15) is 6.92 Å². The predicted molar refractivity (Wildman–Crippen MR) is 102 cm³/mol. The summed E-state index contributed by atoms with van der Waals surface area (Å²) in [4.78, 5) is 20.8. The number of anilines is 1. The fraction of sp³-hybridized carbons (Fsp3) is 0.125. The molecule has 0 amide bonds. The molecule has 0 aliphatic heterocycles. The first-order valence-corrected chi connectivity index (χ1v) is 9.33. The fourth-order valence-electron chi connectivity index (χ4n) is 2.23. The Bertz CT molecular complexity index is 1120. The monoisotopic (exact) mass is 386 g/mol. The van der Waals surface area contributed by atoms with Crippen molar-refractivity contribution in [2.75, 3.05) is 11.9 Å². The quantitative estimate of drug-likeness (QED) is 0.511. The van der Waals surface area contributed by atoms with E-state index in [-0.39, 0.29) is 0 Å². The lowest BCUT2D eigenvalue weighted by Gasteiger charge is -2.00. The van der Waals surface area contributed by atoms with Gasteiger partial charge in [0.15, 0.2) is 21.0 Å². The zero-order chi connectivity index (χ0) is 17.2. The second-order valence-corrected chi connectivity index (χ2v) is 7.56. The number of hydrogen-bond acceptors (Lipinski definition) is 7. The van der Waals surface area contributed by atoms with Gasteiger partial charge in [0.1, 0.15) is 11.8 Å². The van der Waals surface area contributed by atoms with Crippen LogP contribution in [0, 0.1) is 11.8 Å². The summed E-state index contributed by atoms with van der Waals surface area (Å²) >= 11 is 9.20. The van der Waals surface area contributed by atoms with Crippen molar-refractivity contribution in [2.24, 2.45) is 0 Å². The number of thiazole rings is 1. The van der Waals surface area contributed by atoms with Gasteiger partial charge in [-0.2, -0.15) is 0 Å². The largest absolute Gasteiger partial charge is 0.357 e. The normalized spacial score (nSPS) is 10.8. The van der Waals surface area contributed by atoms with Crippen molar-refractivity contribution < 1.29 is 0 Å². The van der Waals surface area contributed by atoms with Crippen LogP contribution in [0.2, 0.25) is 5.02 Å². The van der Waals surface area contributed by atoms with E-state index in [2.05, 4.69) is 42.1 Å². The van der Waals surface area contributed by atoms with Crippen molar-refractivity contribution in [1.82, 2.24) is 24.9 Å². The van der Waals surface area contributed by atoms with Crippen LogP contribution in [0.5, 0.6) is 0 Å². The van der Waals surface area contributed by atoms with E-state index < -0.39 is 0 Å². The Morgan fingerprint density at radius 3 is 3.08 bits per heavy atom. The smallest absolute Gasteiger partial charge is 0.183 e. The highest BCUT2D eigenvalue weighted by atomic mass is 35.5. The van der Waals surface area contributed by atoms with Crippen LogP contribution in [0.3, 0.4) is 0 Å². The molecule has 0 aliphatic rings. The van der Waals surface area contributed by atoms with Crippen molar-refractivity contribution in [1.29, 1.82) is 0 Å². The molecule has 1 aromatic carbocycles. The molecule has 0 bridgehead atoms. The zero-order valence-corrected chi connectivity index (χ0v) is 15.4. The second-order valence-electron chi connectivity index (χ2n) is 4.91. The van der Waals surface area contributed by atoms with Crippen molar-refractivity contribution in [3.8, 4) is 11.8 Å². The number of fused-ring (bicyclic) bond motifs is 2. The summed E-state index contributed by atoms with van der Waals surface area (Å²) in [5, 5.41) is 4.57. The summed E-state index contributed by atoms with van der Waals surface area (Å²) in [7, 11) is 0.